The van der Waals surface area contributed by atoms with Crippen LogP contribution in [0.2, 0.25) is 0 Å². The molecule has 0 aliphatic heterocycles. The largest absolute Gasteiger partial charge is 0.504 e. The molecule has 176 valence electrons. The molecule has 2 amide bonds. The normalized spacial score (nSPS) is 11.1. The zero-order valence-corrected chi connectivity index (χ0v) is 20.1. The lowest BCUT2D eigenvalue weighted by atomic mass is 9.86. The summed E-state index contributed by atoms with van der Waals surface area (Å²) in [6.45, 7) is 3.65. The van der Waals surface area contributed by atoms with Gasteiger partial charge in [-0.2, -0.15) is 5.26 Å². The number of ether oxygens (including phenoxy) is 1. The Bertz CT molecular complexity index is 1450. The Kier molecular flexibility index (Phi) is 6.44. The van der Waals surface area contributed by atoms with Crippen LogP contribution in [0.15, 0.2) is 60.8 Å². The van der Waals surface area contributed by atoms with Gasteiger partial charge in [-0.3, -0.25) is 5.32 Å². The average Bonchev–Trinajstić information content (AvgIpc) is 2.88. The number of nitrogens with zero attached hydrogens (tertiary/aromatic N) is 5. The summed E-state index contributed by atoms with van der Waals surface area (Å²) in [5.74, 6) is 0.563. The third kappa shape index (κ3) is 4.95. The van der Waals surface area contributed by atoms with E-state index in [1.807, 2.05) is 13.8 Å². The van der Waals surface area contributed by atoms with Gasteiger partial charge in [0.15, 0.2) is 23.0 Å². The standard InChI is InChI=1S/C25H22N6O3S/c1-25(2,14-26)16-5-7-17(8-6-16)31(35)24(33)30-22-13-27-19-10-9-18(28-23(19)29-22)15-4-11-20(32)21(12-15)34-3/h4-13,32,35H,1-3H3,(H,28,29,30,33). The number of urea groups is 1. The van der Waals surface area contributed by atoms with E-state index in [0.29, 0.717) is 28.3 Å². The zero-order valence-electron chi connectivity index (χ0n) is 19.2. The Balaban J connectivity index is 1.55. The van der Waals surface area contributed by atoms with Gasteiger partial charge in [0.25, 0.3) is 0 Å². The predicted octanol–water partition coefficient (Wildman–Crippen LogP) is 5.09. The van der Waals surface area contributed by atoms with E-state index in [9.17, 15) is 15.2 Å². The highest BCUT2D eigenvalue weighted by molar-refractivity contribution is 7.82. The Morgan fingerprint density at radius 2 is 1.89 bits per heavy atom. The quantitative estimate of drug-likeness (QED) is 0.336. The number of hydrogen-bond acceptors (Lipinski definition) is 8. The number of pyridine rings is 1. The molecule has 0 bridgehead atoms. The van der Waals surface area contributed by atoms with Gasteiger partial charge in [0.2, 0.25) is 0 Å². The molecule has 2 N–H and O–H groups in total. The van der Waals surface area contributed by atoms with Crippen LogP contribution in [0.25, 0.3) is 22.4 Å². The van der Waals surface area contributed by atoms with Crippen molar-refractivity contribution >= 4 is 41.5 Å². The van der Waals surface area contributed by atoms with Crippen LogP contribution < -0.4 is 14.4 Å². The van der Waals surface area contributed by atoms with Crippen molar-refractivity contribution in [3.63, 3.8) is 0 Å². The highest BCUT2D eigenvalue weighted by Crippen LogP contribution is 2.31. The Morgan fingerprint density at radius 3 is 2.57 bits per heavy atom. The van der Waals surface area contributed by atoms with E-state index in [1.165, 1.54) is 19.4 Å². The van der Waals surface area contributed by atoms with Crippen molar-refractivity contribution in [3.8, 4) is 28.8 Å². The van der Waals surface area contributed by atoms with Gasteiger partial charge in [0, 0.05) is 5.56 Å². The highest BCUT2D eigenvalue weighted by Gasteiger charge is 2.20. The van der Waals surface area contributed by atoms with Crippen LogP contribution >= 0.6 is 12.8 Å². The van der Waals surface area contributed by atoms with E-state index in [4.69, 9.17) is 4.74 Å². The van der Waals surface area contributed by atoms with Crippen LogP contribution in [0.1, 0.15) is 19.4 Å². The van der Waals surface area contributed by atoms with Crippen molar-refractivity contribution in [1.82, 2.24) is 15.0 Å². The van der Waals surface area contributed by atoms with Gasteiger partial charge in [-0.1, -0.05) is 24.9 Å². The van der Waals surface area contributed by atoms with Crippen LogP contribution in [0.3, 0.4) is 0 Å². The number of aromatic nitrogens is 3. The van der Waals surface area contributed by atoms with E-state index >= 15 is 0 Å². The lowest BCUT2D eigenvalue weighted by Gasteiger charge is -2.19. The Labute approximate surface area is 207 Å². The number of benzene rings is 2. The number of aromatic hydroxyl groups is 1. The minimum Gasteiger partial charge on any atom is -0.504 e. The molecule has 0 aliphatic carbocycles. The number of thiol groups is 1. The van der Waals surface area contributed by atoms with Crippen LogP contribution in [-0.4, -0.2) is 33.2 Å². The van der Waals surface area contributed by atoms with Crippen LogP contribution in [-0.2, 0) is 5.41 Å². The topological polar surface area (TPSA) is 124 Å². The number of fused-ring (bicyclic) bond motifs is 1. The zero-order chi connectivity index (χ0) is 25.2. The molecule has 0 saturated heterocycles. The molecule has 2 heterocycles. The molecule has 2 aromatic carbocycles. The van der Waals surface area contributed by atoms with Crippen molar-refractivity contribution in [2.24, 2.45) is 0 Å². The molecule has 4 aromatic rings. The fraction of sp³-hybridized carbons (Fsp3) is 0.160. The Hall–Kier alpha value is -4.36. The lowest BCUT2D eigenvalue weighted by molar-refractivity contribution is 0.260. The fourth-order valence-corrected chi connectivity index (χ4v) is 3.50. The minimum absolute atomic E-state index is 0.0292. The van der Waals surface area contributed by atoms with Gasteiger partial charge < -0.3 is 9.84 Å². The third-order valence-electron chi connectivity index (χ3n) is 5.42. The number of rotatable bonds is 5. The van der Waals surface area contributed by atoms with Gasteiger partial charge in [-0.05, 0) is 61.9 Å². The predicted molar refractivity (Wildman–Crippen MR) is 137 cm³/mol. The molecule has 9 nitrogen and oxygen atoms in total. The average molecular weight is 487 g/mol. The third-order valence-corrected chi connectivity index (χ3v) is 5.84. The number of phenolic OH excluding ortho intramolecular Hbond substituents is 1. The molecule has 0 saturated carbocycles. The molecular formula is C25H22N6O3S. The summed E-state index contributed by atoms with van der Waals surface area (Å²) >= 11 is 4.30. The van der Waals surface area contributed by atoms with Crippen molar-refractivity contribution in [1.29, 1.82) is 5.26 Å². The van der Waals surface area contributed by atoms with Crippen molar-refractivity contribution in [2.75, 3.05) is 16.7 Å². The number of methoxy groups -OCH3 is 1. The summed E-state index contributed by atoms with van der Waals surface area (Å²) in [7, 11) is 1.47. The molecule has 35 heavy (non-hydrogen) atoms. The number of hydrogen-bond donors (Lipinski definition) is 3. The van der Waals surface area contributed by atoms with E-state index < -0.39 is 11.4 Å². The van der Waals surface area contributed by atoms with Crippen molar-refractivity contribution in [3.05, 3.63) is 66.4 Å². The first-order valence-corrected chi connectivity index (χ1v) is 10.9. The summed E-state index contributed by atoms with van der Waals surface area (Å²) in [4.78, 5) is 26.0. The summed E-state index contributed by atoms with van der Waals surface area (Å²) < 4.78 is 6.31. The summed E-state index contributed by atoms with van der Waals surface area (Å²) in [5.41, 5.74) is 2.93. The van der Waals surface area contributed by atoms with Crippen LogP contribution in [0.5, 0.6) is 11.5 Å². The number of carbonyl (C=O) groups excluding carboxylic acids is 1. The fourth-order valence-electron chi connectivity index (χ4n) is 3.32. The second-order valence-corrected chi connectivity index (χ2v) is 8.61. The number of phenols is 1. The summed E-state index contributed by atoms with van der Waals surface area (Å²) in [5, 5.41) is 21.8. The maximum Gasteiger partial charge on any atom is 0.337 e. The molecule has 10 heteroatoms. The number of amides is 2. The molecule has 0 unspecified atom stereocenters. The maximum absolute atomic E-state index is 12.7. The van der Waals surface area contributed by atoms with Crippen molar-refractivity contribution < 1.29 is 14.6 Å². The number of anilines is 2. The minimum atomic E-state index is -0.639. The number of nitriles is 1. The molecular weight excluding hydrogens is 464 g/mol. The SMILES string of the molecule is COc1cc(-c2ccc3ncc(NC(=O)N(S)c4ccc(C(C)(C)C#N)cc4)nc3n2)ccc1O. The van der Waals surface area contributed by atoms with Crippen LogP contribution in [0, 0.1) is 11.3 Å². The highest BCUT2D eigenvalue weighted by atomic mass is 32.1. The van der Waals surface area contributed by atoms with E-state index in [2.05, 4.69) is 39.2 Å². The summed E-state index contributed by atoms with van der Waals surface area (Å²) in [6, 6.07) is 17.2. The van der Waals surface area contributed by atoms with Gasteiger partial charge >= 0.3 is 6.03 Å². The second kappa shape index (κ2) is 9.48. The lowest BCUT2D eigenvalue weighted by Crippen LogP contribution is -2.27. The molecule has 0 spiro atoms. The van der Waals surface area contributed by atoms with E-state index in [0.717, 1.165) is 15.4 Å². The maximum atomic E-state index is 12.7. The number of nitrogens with one attached hydrogen (secondary N) is 1. The molecule has 2 aromatic heterocycles. The first-order valence-electron chi connectivity index (χ1n) is 10.5. The second-order valence-electron chi connectivity index (χ2n) is 8.21. The Morgan fingerprint density at radius 1 is 1.14 bits per heavy atom. The molecule has 0 fully saturated rings. The molecule has 0 atom stereocenters. The van der Waals surface area contributed by atoms with Gasteiger partial charge in [-0.25, -0.2) is 24.1 Å². The van der Waals surface area contributed by atoms with Crippen molar-refractivity contribution in [2.45, 2.75) is 19.3 Å². The van der Waals surface area contributed by atoms with Gasteiger partial charge in [0.05, 0.1) is 36.2 Å². The first-order chi connectivity index (χ1) is 16.7. The van der Waals surface area contributed by atoms with Gasteiger partial charge in [-0.15, -0.1) is 0 Å². The van der Waals surface area contributed by atoms with E-state index in [-0.39, 0.29) is 11.6 Å². The van der Waals surface area contributed by atoms with Gasteiger partial charge in [0.1, 0.15) is 5.52 Å². The molecule has 0 radical (unpaired) electrons. The summed E-state index contributed by atoms with van der Waals surface area (Å²) in [6.07, 6.45) is 1.44. The first kappa shape index (κ1) is 23.8. The van der Waals surface area contributed by atoms with Crippen LogP contribution in [0.4, 0.5) is 16.3 Å². The molecule has 4 rings (SSSR count). The smallest absolute Gasteiger partial charge is 0.337 e. The number of carbonyl (C=O) groups is 1. The molecule has 0 aliphatic rings. The monoisotopic (exact) mass is 486 g/mol. The van der Waals surface area contributed by atoms with E-state index in [1.54, 1.807) is 48.5 Å².